The molecule has 1 aliphatic rings. The number of likely N-dealkylation sites (tertiary alicyclic amines) is 1. The van der Waals surface area contributed by atoms with Crippen LogP contribution in [0.1, 0.15) is 33.1 Å². The summed E-state index contributed by atoms with van der Waals surface area (Å²) in [7, 11) is 0. The van der Waals surface area contributed by atoms with E-state index in [4.69, 9.17) is 11.6 Å². The number of nitrogens with one attached hydrogen (secondary N) is 1. The molecule has 0 spiro atoms. The van der Waals surface area contributed by atoms with E-state index >= 15 is 0 Å². The highest BCUT2D eigenvalue weighted by atomic mass is 35.5. The average Bonchev–Trinajstić information content (AvgIpc) is 2.56. The van der Waals surface area contributed by atoms with E-state index in [-0.39, 0.29) is 34.1 Å². The summed E-state index contributed by atoms with van der Waals surface area (Å²) in [6, 6.07) is 6.12. The summed E-state index contributed by atoms with van der Waals surface area (Å²) < 4.78 is 0. The normalized spacial score (nSPS) is 20.7. The summed E-state index contributed by atoms with van der Waals surface area (Å²) in [6.45, 7) is 4.10. The van der Waals surface area contributed by atoms with E-state index in [1.54, 1.807) is 6.20 Å². The minimum Gasteiger partial charge on any atom is -0.371 e. The van der Waals surface area contributed by atoms with Gasteiger partial charge in [0.15, 0.2) is 0 Å². The van der Waals surface area contributed by atoms with Gasteiger partial charge in [-0.15, -0.1) is 0 Å². The van der Waals surface area contributed by atoms with Crippen LogP contribution in [0.3, 0.4) is 0 Å². The molecule has 0 saturated carbocycles. The Labute approximate surface area is 151 Å². The molecular formula is C17H19ClN4O3. The van der Waals surface area contributed by atoms with Crippen LogP contribution in [-0.2, 0) is 4.79 Å². The monoisotopic (exact) mass is 362 g/mol. The highest BCUT2D eigenvalue weighted by Gasteiger charge is 2.24. The van der Waals surface area contributed by atoms with Crippen molar-refractivity contribution in [3.8, 4) is 6.07 Å². The van der Waals surface area contributed by atoms with E-state index in [0.717, 1.165) is 19.3 Å². The minimum absolute atomic E-state index is 0.0665. The minimum atomic E-state index is -0.644. The molecule has 1 heterocycles. The number of non-ortho nitro benzene ring substituents is 1. The van der Waals surface area contributed by atoms with Crippen molar-refractivity contribution < 1.29 is 9.72 Å². The number of benzene rings is 1. The fourth-order valence-corrected chi connectivity index (χ4v) is 3.06. The van der Waals surface area contributed by atoms with Gasteiger partial charge in [-0.2, -0.15) is 5.26 Å². The molecule has 1 aromatic rings. The first-order valence-electron chi connectivity index (χ1n) is 7.98. The number of piperidine rings is 1. The number of amides is 1. The van der Waals surface area contributed by atoms with Gasteiger partial charge < -0.3 is 10.2 Å². The third kappa shape index (κ3) is 4.48. The Kier molecular flexibility index (Phi) is 5.99. The summed E-state index contributed by atoms with van der Waals surface area (Å²) in [5, 5.41) is 22.8. The van der Waals surface area contributed by atoms with Crippen LogP contribution in [0.4, 0.5) is 11.4 Å². The van der Waals surface area contributed by atoms with Crippen LogP contribution in [0.15, 0.2) is 30.0 Å². The van der Waals surface area contributed by atoms with Gasteiger partial charge in [0.1, 0.15) is 11.6 Å². The smallest absolute Gasteiger partial charge is 0.271 e. The zero-order chi connectivity index (χ0) is 18.6. The van der Waals surface area contributed by atoms with Crippen LogP contribution < -0.4 is 5.32 Å². The van der Waals surface area contributed by atoms with Crippen LogP contribution in [0.25, 0.3) is 0 Å². The fourth-order valence-electron chi connectivity index (χ4n) is 2.90. The SMILES string of the molecule is CC1CCCC(C)N1/C=C(/C#N)C(=O)Nc1cc([N+](=O)[O-])ccc1Cl. The van der Waals surface area contributed by atoms with Gasteiger partial charge >= 0.3 is 0 Å². The third-order valence-electron chi connectivity index (χ3n) is 4.31. The van der Waals surface area contributed by atoms with Gasteiger partial charge in [-0.3, -0.25) is 14.9 Å². The van der Waals surface area contributed by atoms with Crippen molar-refractivity contribution in [2.75, 3.05) is 5.32 Å². The molecule has 2 atom stereocenters. The molecule has 1 saturated heterocycles. The molecule has 0 aromatic heterocycles. The lowest BCUT2D eigenvalue weighted by Crippen LogP contribution is -2.40. The van der Waals surface area contributed by atoms with Gasteiger partial charge in [-0.1, -0.05) is 11.6 Å². The van der Waals surface area contributed by atoms with E-state index in [1.165, 1.54) is 18.2 Å². The lowest BCUT2D eigenvalue weighted by molar-refractivity contribution is -0.384. The van der Waals surface area contributed by atoms with Crippen molar-refractivity contribution in [1.82, 2.24) is 4.90 Å². The topological polar surface area (TPSA) is 99.3 Å². The molecule has 25 heavy (non-hydrogen) atoms. The van der Waals surface area contributed by atoms with E-state index in [9.17, 15) is 20.2 Å². The highest BCUT2D eigenvalue weighted by Crippen LogP contribution is 2.28. The van der Waals surface area contributed by atoms with Crippen molar-refractivity contribution in [3.63, 3.8) is 0 Å². The molecule has 2 rings (SSSR count). The van der Waals surface area contributed by atoms with Gasteiger partial charge in [0.05, 0.1) is 15.6 Å². The second kappa shape index (κ2) is 7.99. The molecule has 7 nitrogen and oxygen atoms in total. The lowest BCUT2D eigenvalue weighted by Gasteiger charge is -2.38. The maximum atomic E-state index is 12.4. The molecule has 0 aliphatic carbocycles. The van der Waals surface area contributed by atoms with Crippen LogP contribution >= 0.6 is 11.6 Å². The van der Waals surface area contributed by atoms with Crippen molar-refractivity contribution in [2.45, 2.75) is 45.2 Å². The van der Waals surface area contributed by atoms with Crippen LogP contribution in [0.5, 0.6) is 0 Å². The number of carbonyl (C=O) groups is 1. The van der Waals surface area contributed by atoms with Gasteiger partial charge in [0, 0.05) is 30.4 Å². The molecule has 8 heteroatoms. The number of nitriles is 1. The Balaban J connectivity index is 2.23. The first kappa shape index (κ1) is 18.7. The Morgan fingerprint density at radius 1 is 1.44 bits per heavy atom. The molecule has 1 aromatic carbocycles. The van der Waals surface area contributed by atoms with Crippen LogP contribution in [0.2, 0.25) is 5.02 Å². The van der Waals surface area contributed by atoms with Gasteiger partial charge in [-0.25, -0.2) is 0 Å². The number of nitro benzene ring substituents is 1. The third-order valence-corrected chi connectivity index (χ3v) is 4.64. The predicted molar refractivity (Wildman–Crippen MR) is 95.0 cm³/mol. The zero-order valence-corrected chi connectivity index (χ0v) is 14.8. The Morgan fingerprint density at radius 3 is 2.64 bits per heavy atom. The van der Waals surface area contributed by atoms with Crippen molar-refractivity contribution in [2.24, 2.45) is 0 Å². The number of rotatable bonds is 4. The number of hydrogen-bond donors (Lipinski definition) is 1. The van der Waals surface area contributed by atoms with E-state index < -0.39 is 10.8 Å². The van der Waals surface area contributed by atoms with Gasteiger partial charge in [0.25, 0.3) is 11.6 Å². The summed E-state index contributed by atoms with van der Waals surface area (Å²) in [4.78, 5) is 24.7. The number of halogens is 1. The van der Waals surface area contributed by atoms with E-state index in [0.29, 0.717) is 0 Å². The maximum Gasteiger partial charge on any atom is 0.271 e. The van der Waals surface area contributed by atoms with Crippen LogP contribution in [0, 0.1) is 21.4 Å². The second-order valence-electron chi connectivity index (χ2n) is 6.11. The first-order valence-corrected chi connectivity index (χ1v) is 8.36. The fraction of sp³-hybridized carbons (Fsp3) is 0.412. The molecule has 1 fully saturated rings. The summed E-state index contributed by atoms with van der Waals surface area (Å²) in [6.07, 6.45) is 4.68. The quantitative estimate of drug-likeness (QED) is 0.379. The Morgan fingerprint density at radius 2 is 2.08 bits per heavy atom. The first-order chi connectivity index (χ1) is 11.8. The van der Waals surface area contributed by atoms with Gasteiger partial charge in [0.2, 0.25) is 0 Å². The van der Waals surface area contributed by atoms with Crippen molar-refractivity contribution in [1.29, 1.82) is 5.26 Å². The molecule has 1 N–H and O–H groups in total. The standard InChI is InChI=1S/C17H19ClN4O3/c1-11-4-3-5-12(2)21(11)10-13(9-19)17(23)20-16-8-14(22(24)25)6-7-15(16)18/h6-8,10-12H,3-5H2,1-2H3,(H,20,23)/b13-10-. The molecule has 132 valence electrons. The number of hydrogen-bond acceptors (Lipinski definition) is 5. The van der Waals surface area contributed by atoms with Crippen molar-refractivity contribution >= 4 is 28.9 Å². The highest BCUT2D eigenvalue weighted by molar-refractivity contribution is 6.34. The Hall–Kier alpha value is -2.59. The Bertz CT molecular complexity index is 747. The molecule has 2 unspecified atom stereocenters. The molecule has 0 radical (unpaired) electrons. The number of nitrogens with zero attached hydrogens (tertiary/aromatic N) is 3. The van der Waals surface area contributed by atoms with E-state index in [2.05, 4.69) is 19.2 Å². The summed E-state index contributed by atoms with van der Waals surface area (Å²) in [5.41, 5.74) is -0.162. The molecular weight excluding hydrogens is 344 g/mol. The zero-order valence-electron chi connectivity index (χ0n) is 14.0. The second-order valence-corrected chi connectivity index (χ2v) is 6.51. The molecule has 1 amide bonds. The van der Waals surface area contributed by atoms with Crippen molar-refractivity contribution in [3.05, 3.63) is 45.1 Å². The van der Waals surface area contributed by atoms with E-state index in [1.807, 2.05) is 11.0 Å². The number of anilines is 1. The van der Waals surface area contributed by atoms with Gasteiger partial charge in [-0.05, 0) is 39.2 Å². The van der Waals surface area contributed by atoms with Crippen LogP contribution in [-0.4, -0.2) is 27.8 Å². The lowest BCUT2D eigenvalue weighted by atomic mass is 9.98. The number of nitro groups is 1. The summed E-state index contributed by atoms with van der Waals surface area (Å²) >= 11 is 5.98. The summed E-state index contributed by atoms with van der Waals surface area (Å²) in [5.74, 6) is -0.644. The average molecular weight is 363 g/mol. The maximum absolute atomic E-state index is 12.4. The number of carbonyl (C=O) groups excluding carboxylic acids is 1. The molecule has 1 aliphatic heterocycles. The molecule has 0 bridgehead atoms. The predicted octanol–water partition coefficient (Wildman–Crippen LogP) is 3.86. The largest absolute Gasteiger partial charge is 0.371 e.